The second-order valence-electron chi connectivity index (χ2n) is 4.46. The van der Waals surface area contributed by atoms with Crippen LogP contribution in [-0.4, -0.2) is 20.9 Å². The average Bonchev–Trinajstić information content (AvgIpc) is 2.90. The number of benzene rings is 1. The molecule has 4 heteroatoms. The van der Waals surface area contributed by atoms with Gasteiger partial charge in [-0.05, 0) is 37.1 Å². The summed E-state index contributed by atoms with van der Waals surface area (Å²) < 4.78 is 1.93. The summed E-state index contributed by atoms with van der Waals surface area (Å²) in [4.78, 5) is 0. The minimum Gasteiger partial charge on any atom is -0.392 e. The molecule has 18 heavy (non-hydrogen) atoms. The Morgan fingerprint density at radius 3 is 3.00 bits per heavy atom. The molecule has 0 amide bonds. The van der Waals surface area contributed by atoms with Crippen LogP contribution in [0.1, 0.15) is 18.9 Å². The minimum absolute atomic E-state index is 0.0805. The normalized spacial score (nSPS) is 12.3. The van der Waals surface area contributed by atoms with E-state index in [1.54, 1.807) is 6.20 Å². The molecule has 0 spiro atoms. The second-order valence-corrected chi connectivity index (χ2v) is 4.46. The van der Waals surface area contributed by atoms with Crippen molar-refractivity contribution < 1.29 is 5.11 Å². The monoisotopic (exact) mass is 245 g/mol. The lowest BCUT2D eigenvalue weighted by Crippen LogP contribution is -2.18. The summed E-state index contributed by atoms with van der Waals surface area (Å²) in [6.45, 7) is 3.13. The summed E-state index contributed by atoms with van der Waals surface area (Å²) in [5, 5.41) is 16.7. The van der Waals surface area contributed by atoms with Crippen LogP contribution in [-0.2, 0) is 13.2 Å². The van der Waals surface area contributed by atoms with Gasteiger partial charge in [-0.2, -0.15) is 5.10 Å². The van der Waals surface area contributed by atoms with Crippen LogP contribution in [0.15, 0.2) is 42.7 Å². The molecule has 96 valence electrons. The Labute approximate surface area is 107 Å². The fraction of sp³-hybridized carbons (Fsp3) is 0.357. The number of rotatable bonds is 6. The second kappa shape index (κ2) is 6.21. The van der Waals surface area contributed by atoms with Crippen molar-refractivity contribution in [2.45, 2.75) is 32.5 Å². The van der Waals surface area contributed by atoms with Gasteiger partial charge in [0, 0.05) is 30.7 Å². The summed E-state index contributed by atoms with van der Waals surface area (Å²) >= 11 is 0. The van der Waals surface area contributed by atoms with Gasteiger partial charge in [0.1, 0.15) is 0 Å². The van der Waals surface area contributed by atoms with Crippen molar-refractivity contribution in [2.24, 2.45) is 0 Å². The molecule has 1 atom stereocenters. The maximum Gasteiger partial charge on any atom is 0.0682 e. The van der Waals surface area contributed by atoms with Gasteiger partial charge in [-0.1, -0.05) is 12.1 Å². The maximum absolute atomic E-state index is 9.09. The molecule has 0 aliphatic carbocycles. The van der Waals surface area contributed by atoms with Crippen molar-refractivity contribution in [3.8, 4) is 0 Å². The van der Waals surface area contributed by atoms with Crippen LogP contribution >= 0.6 is 0 Å². The molecule has 1 heterocycles. The molecule has 0 bridgehead atoms. The van der Waals surface area contributed by atoms with Crippen LogP contribution in [0.3, 0.4) is 0 Å². The molecular formula is C14H19N3O. The number of nitrogens with zero attached hydrogens (tertiary/aromatic N) is 2. The van der Waals surface area contributed by atoms with E-state index in [9.17, 15) is 0 Å². The van der Waals surface area contributed by atoms with Gasteiger partial charge in [-0.25, -0.2) is 0 Å². The van der Waals surface area contributed by atoms with Crippen LogP contribution in [0.25, 0.3) is 0 Å². The molecule has 4 nitrogen and oxygen atoms in total. The van der Waals surface area contributed by atoms with Gasteiger partial charge in [0.05, 0.1) is 6.61 Å². The number of aliphatic hydroxyl groups excluding tert-OH is 1. The highest BCUT2D eigenvalue weighted by atomic mass is 16.3. The summed E-state index contributed by atoms with van der Waals surface area (Å²) in [6.07, 6.45) is 4.77. The molecule has 2 rings (SSSR count). The molecule has 0 fully saturated rings. The Hall–Kier alpha value is -1.81. The average molecular weight is 245 g/mol. The van der Waals surface area contributed by atoms with Crippen molar-refractivity contribution in [3.63, 3.8) is 0 Å². The van der Waals surface area contributed by atoms with Crippen LogP contribution in [0, 0.1) is 0 Å². The molecule has 2 aromatic rings. The summed E-state index contributed by atoms with van der Waals surface area (Å²) in [5.41, 5.74) is 1.98. The lowest BCUT2D eigenvalue weighted by molar-refractivity contribution is 0.282. The van der Waals surface area contributed by atoms with Crippen molar-refractivity contribution in [2.75, 3.05) is 5.32 Å². The lowest BCUT2D eigenvalue weighted by Gasteiger charge is -2.15. The Kier molecular flexibility index (Phi) is 4.36. The summed E-state index contributed by atoms with van der Waals surface area (Å²) in [7, 11) is 0. The zero-order chi connectivity index (χ0) is 12.8. The fourth-order valence-corrected chi connectivity index (χ4v) is 1.87. The van der Waals surface area contributed by atoms with Crippen molar-refractivity contribution in [3.05, 3.63) is 48.3 Å². The number of hydrogen-bond acceptors (Lipinski definition) is 3. The number of hydrogen-bond donors (Lipinski definition) is 2. The number of aromatic nitrogens is 2. The van der Waals surface area contributed by atoms with E-state index in [-0.39, 0.29) is 6.61 Å². The van der Waals surface area contributed by atoms with E-state index in [2.05, 4.69) is 17.3 Å². The van der Waals surface area contributed by atoms with Crippen molar-refractivity contribution >= 4 is 5.69 Å². The first kappa shape index (κ1) is 12.6. The zero-order valence-electron chi connectivity index (χ0n) is 10.6. The van der Waals surface area contributed by atoms with E-state index in [4.69, 9.17) is 5.11 Å². The SMILES string of the molecule is C[C@H](CCn1cccn1)Nc1cccc(CO)c1. The Morgan fingerprint density at radius 2 is 2.28 bits per heavy atom. The quantitative estimate of drug-likeness (QED) is 0.820. The topological polar surface area (TPSA) is 50.1 Å². The molecule has 2 N–H and O–H groups in total. The third-order valence-corrected chi connectivity index (χ3v) is 2.87. The van der Waals surface area contributed by atoms with Gasteiger partial charge in [0.25, 0.3) is 0 Å². The van der Waals surface area contributed by atoms with E-state index in [0.717, 1.165) is 24.2 Å². The highest BCUT2D eigenvalue weighted by Gasteiger charge is 2.03. The van der Waals surface area contributed by atoms with Crippen LogP contribution in [0.2, 0.25) is 0 Å². The van der Waals surface area contributed by atoms with Crippen LogP contribution < -0.4 is 5.32 Å². The van der Waals surface area contributed by atoms with Gasteiger partial charge in [-0.3, -0.25) is 4.68 Å². The van der Waals surface area contributed by atoms with Crippen molar-refractivity contribution in [1.29, 1.82) is 0 Å². The predicted octanol–water partition coefficient (Wildman–Crippen LogP) is 2.27. The zero-order valence-corrected chi connectivity index (χ0v) is 10.6. The largest absolute Gasteiger partial charge is 0.392 e. The number of aliphatic hydroxyl groups is 1. The lowest BCUT2D eigenvalue weighted by atomic mass is 10.2. The van der Waals surface area contributed by atoms with Gasteiger partial charge < -0.3 is 10.4 Å². The highest BCUT2D eigenvalue weighted by molar-refractivity contribution is 5.46. The Morgan fingerprint density at radius 1 is 1.39 bits per heavy atom. The molecule has 0 unspecified atom stereocenters. The first-order valence-electron chi connectivity index (χ1n) is 6.21. The summed E-state index contributed by atoms with van der Waals surface area (Å²) in [5.74, 6) is 0. The number of anilines is 1. The highest BCUT2D eigenvalue weighted by Crippen LogP contribution is 2.13. The van der Waals surface area contributed by atoms with E-state index in [1.807, 2.05) is 41.2 Å². The fourth-order valence-electron chi connectivity index (χ4n) is 1.87. The third-order valence-electron chi connectivity index (χ3n) is 2.87. The minimum atomic E-state index is 0.0805. The standard InChI is InChI=1S/C14H19N3O/c1-12(6-9-17-8-3-7-15-17)16-14-5-2-4-13(10-14)11-18/h2-5,7-8,10,12,16,18H,6,9,11H2,1H3/t12-/m1/s1. The maximum atomic E-state index is 9.09. The predicted molar refractivity (Wildman–Crippen MR) is 72.3 cm³/mol. The van der Waals surface area contributed by atoms with E-state index in [1.165, 1.54) is 0 Å². The number of nitrogens with one attached hydrogen (secondary N) is 1. The smallest absolute Gasteiger partial charge is 0.0682 e. The van der Waals surface area contributed by atoms with E-state index >= 15 is 0 Å². The molecule has 1 aromatic carbocycles. The molecule has 0 saturated heterocycles. The molecule has 0 saturated carbocycles. The Bertz CT molecular complexity index is 468. The third kappa shape index (κ3) is 3.60. The molecular weight excluding hydrogens is 226 g/mol. The van der Waals surface area contributed by atoms with Gasteiger partial charge in [-0.15, -0.1) is 0 Å². The number of aryl methyl sites for hydroxylation is 1. The van der Waals surface area contributed by atoms with E-state index < -0.39 is 0 Å². The van der Waals surface area contributed by atoms with Gasteiger partial charge in [0.2, 0.25) is 0 Å². The van der Waals surface area contributed by atoms with E-state index in [0.29, 0.717) is 6.04 Å². The molecule has 0 aliphatic rings. The van der Waals surface area contributed by atoms with Crippen LogP contribution in [0.4, 0.5) is 5.69 Å². The van der Waals surface area contributed by atoms with Gasteiger partial charge >= 0.3 is 0 Å². The molecule has 1 aromatic heterocycles. The molecule has 0 radical (unpaired) electrons. The first-order chi connectivity index (χ1) is 8.78. The van der Waals surface area contributed by atoms with Crippen LogP contribution in [0.5, 0.6) is 0 Å². The molecule has 0 aliphatic heterocycles. The first-order valence-corrected chi connectivity index (χ1v) is 6.21. The van der Waals surface area contributed by atoms with Gasteiger partial charge in [0.15, 0.2) is 0 Å². The van der Waals surface area contributed by atoms with Crippen molar-refractivity contribution in [1.82, 2.24) is 9.78 Å². The Balaban J connectivity index is 1.84. The summed E-state index contributed by atoms with van der Waals surface area (Å²) in [6, 6.07) is 10.2.